The van der Waals surface area contributed by atoms with Crippen molar-refractivity contribution in [3.8, 4) is 10.4 Å². The number of alkyl halides is 1. The number of hydrogen-bond donors (Lipinski definition) is 3. The highest BCUT2D eigenvalue weighted by Gasteiger charge is 2.42. The zero-order valence-corrected chi connectivity index (χ0v) is 16.9. The molecule has 0 radical (unpaired) electrons. The van der Waals surface area contributed by atoms with Gasteiger partial charge in [0.25, 0.3) is 11.8 Å². The zero-order valence-electron chi connectivity index (χ0n) is 16.1. The molecule has 0 aliphatic rings. The summed E-state index contributed by atoms with van der Waals surface area (Å²) >= 11 is 1.59. The minimum atomic E-state index is -2.30. The molecule has 0 aliphatic carbocycles. The van der Waals surface area contributed by atoms with E-state index in [0.29, 0.717) is 16.9 Å². The fourth-order valence-corrected chi connectivity index (χ4v) is 3.80. The number of amides is 2. The minimum absolute atomic E-state index is 0.121. The van der Waals surface area contributed by atoms with Crippen LogP contribution in [0.4, 0.5) is 15.8 Å². The second-order valence-electron chi connectivity index (χ2n) is 7.04. The summed E-state index contributed by atoms with van der Waals surface area (Å²) in [5.41, 5.74) is 11.3. The highest BCUT2D eigenvalue weighted by atomic mass is 32.1. The third-order valence-corrected chi connectivity index (χ3v) is 5.75. The molecule has 2 aromatic carbocycles. The van der Waals surface area contributed by atoms with Crippen LogP contribution in [0.2, 0.25) is 0 Å². The smallest absolute Gasteiger partial charge is 0.260 e. The SMILES string of the molecule is CC(C)C(F)(C(N)=O)c1ccc(C(=O)Nc2cc(-c3cccs3)ccc2N)cc1. The molecule has 5 N–H and O–H groups in total. The number of hydrogen-bond acceptors (Lipinski definition) is 4. The van der Waals surface area contributed by atoms with Gasteiger partial charge in [0.05, 0.1) is 11.4 Å². The maximum Gasteiger partial charge on any atom is 0.260 e. The zero-order chi connectivity index (χ0) is 21.2. The van der Waals surface area contributed by atoms with Gasteiger partial charge in [-0.15, -0.1) is 11.3 Å². The lowest BCUT2D eigenvalue weighted by molar-refractivity contribution is -0.133. The molecule has 0 spiro atoms. The second-order valence-corrected chi connectivity index (χ2v) is 7.99. The molecule has 0 aliphatic heterocycles. The lowest BCUT2D eigenvalue weighted by atomic mass is 9.84. The molecule has 5 nitrogen and oxygen atoms in total. The van der Waals surface area contributed by atoms with Gasteiger partial charge in [-0.25, -0.2) is 4.39 Å². The summed E-state index contributed by atoms with van der Waals surface area (Å²) in [4.78, 5) is 25.3. The number of carbonyl (C=O) groups excluding carboxylic acids is 2. The number of thiophene rings is 1. The minimum Gasteiger partial charge on any atom is -0.397 e. The first-order valence-corrected chi connectivity index (χ1v) is 9.95. The summed E-state index contributed by atoms with van der Waals surface area (Å²) in [5.74, 6) is -2.08. The normalized spacial score (nSPS) is 13.1. The van der Waals surface area contributed by atoms with E-state index >= 15 is 4.39 Å². The fourth-order valence-electron chi connectivity index (χ4n) is 3.08. The Labute approximate surface area is 172 Å². The molecule has 1 aromatic heterocycles. The van der Waals surface area contributed by atoms with E-state index in [2.05, 4.69) is 5.32 Å². The maximum absolute atomic E-state index is 15.1. The number of rotatable bonds is 6. The molecule has 1 heterocycles. The van der Waals surface area contributed by atoms with Crippen molar-refractivity contribution >= 4 is 34.5 Å². The first-order valence-electron chi connectivity index (χ1n) is 9.07. The predicted molar refractivity (Wildman–Crippen MR) is 115 cm³/mol. The van der Waals surface area contributed by atoms with Crippen LogP contribution in [0.5, 0.6) is 0 Å². The molecule has 0 bridgehead atoms. The van der Waals surface area contributed by atoms with Crippen molar-refractivity contribution in [1.82, 2.24) is 0 Å². The van der Waals surface area contributed by atoms with Crippen LogP contribution in [-0.4, -0.2) is 11.8 Å². The molecule has 150 valence electrons. The Morgan fingerprint density at radius 2 is 1.79 bits per heavy atom. The van der Waals surface area contributed by atoms with Crippen LogP contribution in [0.1, 0.15) is 29.8 Å². The number of benzene rings is 2. The van der Waals surface area contributed by atoms with Gasteiger partial charge < -0.3 is 16.8 Å². The lowest BCUT2D eigenvalue weighted by Crippen LogP contribution is -2.41. The number of nitrogens with two attached hydrogens (primary N) is 2. The molecule has 1 unspecified atom stereocenters. The Bertz CT molecular complexity index is 1030. The van der Waals surface area contributed by atoms with E-state index in [4.69, 9.17) is 11.5 Å². The highest BCUT2D eigenvalue weighted by Crippen LogP contribution is 2.34. The standard InChI is InChI=1S/C22H22FN3O2S/c1-13(2)22(23,21(25)28)16-8-5-14(6-9-16)20(27)26-18-12-15(7-10-17(18)24)19-4-3-11-29-19/h3-13H,24H2,1-2H3,(H2,25,28)(H,26,27). The summed E-state index contributed by atoms with van der Waals surface area (Å²) in [6.45, 7) is 3.16. The third kappa shape index (κ3) is 4.00. The maximum atomic E-state index is 15.1. The van der Waals surface area contributed by atoms with Crippen molar-refractivity contribution in [1.29, 1.82) is 0 Å². The van der Waals surface area contributed by atoms with Crippen molar-refractivity contribution in [2.75, 3.05) is 11.1 Å². The third-order valence-electron chi connectivity index (χ3n) is 4.83. The molecule has 0 fully saturated rings. The van der Waals surface area contributed by atoms with E-state index in [1.807, 2.05) is 29.6 Å². The van der Waals surface area contributed by atoms with Crippen LogP contribution in [0.15, 0.2) is 60.0 Å². The van der Waals surface area contributed by atoms with E-state index in [-0.39, 0.29) is 11.5 Å². The van der Waals surface area contributed by atoms with Crippen LogP contribution >= 0.6 is 11.3 Å². The van der Waals surface area contributed by atoms with Gasteiger partial charge in [-0.05, 0) is 46.8 Å². The van der Waals surface area contributed by atoms with E-state index in [9.17, 15) is 9.59 Å². The van der Waals surface area contributed by atoms with E-state index < -0.39 is 17.5 Å². The number of anilines is 2. The Morgan fingerprint density at radius 1 is 1.10 bits per heavy atom. The van der Waals surface area contributed by atoms with E-state index in [1.165, 1.54) is 24.3 Å². The lowest BCUT2D eigenvalue weighted by Gasteiger charge is -2.26. The second kappa shape index (κ2) is 8.05. The van der Waals surface area contributed by atoms with Crippen molar-refractivity contribution < 1.29 is 14.0 Å². The Kier molecular flexibility index (Phi) is 5.70. The average Bonchev–Trinajstić information content (AvgIpc) is 3.23. The molecule has 3 rings (SSSR count). The van der Waals surface area contributed by atoms with Crippen molar-refractivity contribution in [2.24, 2.45) is 11.7 Å². The monoisotopic (exact) mass is 411 g/mol. The predicted octanol–water partition coefficient (Wildman–Crippen LogP) is 4.56. The fraction of sp³-hybridized carbons (Fsp3) is 0.182. The van der Waals surface area contributed by atoms with Crippen molar-refractivity contribution in [3.05, 3.63) is 71.1 Å². The van der Waals surface area contributed by atoms with Crippen molar-refractivity contribution in [3.63, 3.8) is 0 Å². The van der Waals surface area contributed by atoms with Crippen LogP contribution in [0, 0.1) is 5.92 Å². The summed E-state index contributed by atoms with van der Waals surface area (Å²) in [6.07, 6.45) is 0. The molecule has 29 heavy (non-hydrogen) atoms. The summed E-state index contributed by atoms with van der Waals surface area (Å²) < 4.78 is 15.1. The largest absolute Gasteiger partial charge is 0.397 e. The Hall–Kier alpha value is -3.19. The number of nitrogens with one attached hydrogen (secondary N) is 1. The van der Waals surface area contributed by atoms with Crippen LogP contribution in [0.25, 0.3) is 10.4 Å². The summed E-state index contributed by atoms with van der Waals surface area (Å²) in [5, 5.41) is 4.76. The molecular weight excluding hydrogens is 389 g/mol. The van der Waals surface area contributed by atoms with Crippen LogP contribution in [-0.2, 0) is 10.5 Å². The Balaban J connectivity index is 1.83. The van der Waals surface area contributed by atoms with Gasteiger partial charge in [0, 0.05) is 16.4 Å². The van der Waals surface area contributed by atoms with Gasteiger partial charge in [0.15, 0.2) is 0 Å². The molecular formula is C22H22FN3O2S. The molecule has 3 aromatic rings. The highest BCUT2D eigenvalue weighted by molar-refractivity contribution is 7.13. The Morgan fingerprint density at radius 3 is 2.34 bits per heavy atom. The molecule has 0 saturated carbocycles. The van der Waals surface area contributed by atoms with Gasteiger partial charge >= 0.3 is 0 Å². The summed E-state index contributed by atoms with van der Waals surface area (Å²) in [7, 11) is 0. The average molecular weight is 412 g/mol. The van der Waals surface area contributed by atoms with Gasteiger partial charge in [0.2, 0.25) is 5.67 Å². The number of halogens is 1. The van der Waals surface area contributed by atoms with Gasteiger partial charge in [-0.2, -0.15) is 0 Å². The van der Waals surface area contributed by atoms with E-state index in [0.717, 1.165) is 10.4 Å². The molecule has 0 saturated heterocycles. The number of nitrogen functional groups attached to an aromatic ring is 1. The van der Waals surface area contributed by atoms with Crippen LogP contribution < -0.4 is 16.8 Å². The first-order chi connectivity index (χ1) is 13.7. The summed E-state index contributed by atoms with van der Waals surface area (Å²) in [6, 6.07) is 15.1. The van der Waals surface area contributed by atoms with Gasteiger partial charge in [0.1, 0.15) is 0 Å². The molecule has 2 amide bonds. The topological polar surface area (TPSA) is 98.2 Å². The van der Waals surface area contributed by atoms with Crippen LogP contribution in [0.3, 0.4) is 0 Å². The van der Waals surface area contributed by atoms with E-state index in [1.54, 1.807) is 31.3 Å². The number of primary amides is 1. The van der Waals surface area contributed by atoms with Gasteiger partial charge in [-0.3, -0.25) is 9.59 Å². The first kappa shape index (κ1) is 20.5. The molecule has 7 heteroatoms. The van der Waals surface area contributed by atoms with Crippen molar-refractivity contribution in [2.45, 2.75) is 19.5 Å². The quantitative estimate of drug-likeness (QED) is 0.519. The number of carbonyl (C=O) groups is 2. The molecule has 1 atom stereocenters. The van der Waals surface area contributed by atoms with Gasteiger partial charge in [-0.1, -0.05) is 38.1 Å².